The summed E-state index contributed by atoms with van der Waals surface area (Å²) in [5.41, 5.74) is 2.03. The van der Waals surface area contributed by atoms with Crippen LogP contribution in [-0.2, 0) is 0 Å². The van der Waals surface area contributed by atoms with Gasteiger partial charge in [-0.05, 0) is 31.2 Å². The normalized spacial score (nSPS) is 10.3. The Labute approximate surface area is 166 Å². The van der Waals surface area contributed by atoms with Crippen molar-refractivity contribution in [2.75, 3.05) is 12.9 Å². The molecular formula is C21H17N3O3S. The molecule has 0 saturated heterocycles. The number of rotatable bonds is 6. The highest BCUT2D eigenvalue weighted by Crippen LogP contribution is 2.23. The predicted molar refractivity (Wildman–Crippen MR) is 108 cm³/mol. The first-order chi connectivity index (χ1) is 13.5. The molecule has 0 bridgehead atoms. The van der Waals surface area contributed by atoms with Gasteiger partial charge in [-0.2, -0.15) is 5.26 Å². The number of thioether (sulfide) groups is 1. The van der Waals surface area contributed by atoms with Gasteiger partial charge in [0.1, 0.15) is 17.4 Å². The quantitative estimate of drug-likeness (QED) is 0.392. The van der Waals surface area contributed by atoms with E-state index in [0.29, 0.717) is 27.7 Å². The van der Waals surface area contributed by atoms with Crippen LogP contribution >= 0.6 is 11.8 Å². The minimum Gasteiger partial charge on any atom is -0.497 e. The number of aromatic nitrogens is 2. The molecule has 1 heterocycles. The number of carbonyl (C=O) groups is 1. The molecule has 1 N–H and O–H groups in total. The number of ketones is 1. The maximum Gasteiger partial charge on any atom is 0.270 e. The van der Waals surface area contributed by atoms with Gasteiger partial charge in [0.15, 0.2) is 10.9 Å². The average molecular weight is 391 g/mol. The molecule has 0 aliphatic carbocycles. The van der Waals surface area contributed by atoms with E-state index >= 15 is 0 Å². The third-order valence-corrected chi connectivity index (χ3v) is 4.96. The molecule has 0 saturated carbocycles. The fraction of sp³-hybridized carbons (Fsp3) is 0.143. The standard InChI is InChI=1S/C21H17N3O3S/c1-13-3-5-15(6-4-13)19-17(11-22)20(26)24-21(23-19)28-12-18(25)14-7-9-16(27-2)10-8-14/h3-10H,12H2,1-2H3,(H,23,24,26). The SMILES string of the molecule is COc1ccc(C(=O)CSc2nc(-c3ccc(C)cc3)c(C#N)c(=O)[nH]2)cc1. The van der Waals surface area contributed by atoms with Crippen molar-refractivity contribution in [2.24, 2.45) is 0 Å². The smallest absolute Gasteiger partial charge is 0.270 e. The van der Waals surface area contributed by atoms with Gasteiger partial charge < -0.3 is 9.72 Å². The number of H-pyrrole nitrogens is 1. The van der Waals surface area contributed by atoms with Gasteiger partial charge in [-0.15, -0.1) is 0 Å². The predicted octanol–water partition coefficient (Wildman–Crippen LogP) is 3.60. The summed E-state index contributed by atoms with van der Waals surface area (Å²) >= 11 is 1.12. The fourth-order valence-corrected chi connectivity index (χ4v) is 3.29. The molecule has 140 valence electrons. The van der Waals surface area contributed by atoms with Crippen LogP contribution in [0.2, 0.25) is 0 Å². The van der Waals surface area contributed by atoms with E-state index in [1.165, 1.54) is 0 Å². The first kappa shape index (κ1) is 19.4. The molecule has 0 amide bonds. The van der Waals surface area contributed by atoms with Crippen LogP contribution in [0.4, 0.5) is 0 Å². The van der Waals surface area contributed by atoms with Crippen molar-refractivity contribution in [3.63, 3.8) is 0 Å². The molecule has 28 heavy (non-hydrogen) atoms. The Hall–Kier alpha value is -3.37. The molecule has 3 aromatic rings. The van der Waals surface area contributed by atoms with Crippen molar-refractivity contribution in [3.8, 4) is 23.1 Å². The number of nitriles is 1. The van der Waals surface area contributed by atoms with Gasteiger partial charge in [-0.1, -0.05) is 41.6 Å². The molecule has 0 unspecified atom stereocenters. The van der Waals surface area contributed by atoms with Crippen molar-refractivity contribution in [2.45, 2.75) is 12.1 Å². The lowest BCUT2D eigenvalue weighted by atomic mass is 10.1. The van der Waals surface area contributed by atoms with E-state index in [9.17, 15) is 14.9 Å². The maximum absolute atomic E-state index is 12.4. The first-order valence-corrected chi connectivity index (χ1v) is 9.42. The monoisotopic (exact) mass is 391 g/mol. The molecule has 1 aromatic heterocycles. The molecule has 0 spiro atoms. The Bertz CT molecular complexity index is 1100. The highest BCUT2D eigenvalue weighted by molar-refractivity contribution is 7.99. The Balaban J connectivity index is 1.84. The molecule has 0 fully saturated rings. The zero-order valence-electron chi connectivity index (χ0n) is 15.4. The van der Waals surface area contributed by atoms with Gasteiger partial charge in [0.05, 0.1) is 18.6 Å². The summed E-state index contributed by atoms with van der Waals surface area (Å²) in [7, 11) is 1.56. The lowest BCUT2D eigenvalue weighted by Gasteiger charge is -2.07. The summed E-state index contributed by atoms with van der Waals surface area (Å²) in [5.74, 6) is 0.677. The second kappa shape index (κ2) is 8.55. The van der Waals surface area contributed by atoms with E-state index in [1.54, 1.807) is 31.4 Å². The van der Waals surface area contributed by atoms with Crippen molar-refractivity contribution in [1.29, 1.82) is 5.26 Å². The van der Waals surface area contributed by atoms with Crippen molar-refractivity contribution >= 4 is 17.5 Å². The van der Waals surface area contributed by atoms with E-state index in [1.807, 2.05) is 37.3 Å². The number of Topliss-reactive ketones (excluding diaryl/α,β-unsaturated/α-hetero) is 1. The number of benzene rings is 2. The largest absolute Gasteiger partial charge is 0.497 e. The van der Waals surface area contributed by atoms with Crippen molar-refractivity contribution in [3.05, 3.63) is 75.6 Å². The van der Waals surface area contributed by atoms with Gasteiger partial charge in [0, 0.05) is 11.1 Å². The number of aryl methyl sites for hydroxylation is 1. The van der Waals surface area contributed by atoms with Gasteiger partial charge >= 0.3 is 0 Å². The highest BCUT2D eigenvalue weighted by atomic mass is 32.2. The molecule has 0 atom stereocenters. The number of hydrogen-bond donors (Lipinski definition) is 1. The van der Waals surface area contributed by atoms with Crippen LogP contribution in [0.3, 0.4) is 0 Å². The Kier molecular flexibility index (Phi) is 5.92. The molecule has 6 nitrogen and oxygen atoms in total. The second-order valence-corrected chi connectivity index (χ2v) is 6.98. The molecule has 7 heteroatoms. The number of aromatic amines is 1. The number of nitrogens with zero attached hydrogens (tertiary/aromatic N) is 2. The lowest BCUT2D eigenvalue weighted by molar-refractivity contribution is 0.102. The van der Waals surface area contributed by atoms with Gasteiger partial charge in [-0.25, -0.2) is 4.98 Å². The average Bonchev–Trinajstić information content (AvgIpc) is 2.72. The number of hydrogen-bond acceptors (Lipinski definition) is 6. The summed E-state index contributed by atoms with van der Waals surface area (Å²) in [6.07, 6.45) is 0. The topological polar surface area (TPSA) is 95.8 Å². The van der Waals surface area contributed by atoms with E-state index in [4.69, 9.17) is 4.74 Å². The third-order valence-electron chi connectivity index (χ3n) is 4.09. The Morgan fingerprint density at radius 1 is 1.18 bits per heavy atom. The number of methoxy groups -OCH3 is 1. The van der Waals surface area contributed by atoms with E-state index in [2.05, 4.69) is 9.97 Å². The summed E-state index contributed by atoms with van der Waals surface area (Å²) in [6, 6.07) is 16.1. The van der Waals surface area contributed by atoms with Crippen LogP contribution in [0, 0.1) is 18.3 Å². The van der Waals surface area contributed by atoms with E-state index < -0.39 is 5.56 Å². The maximum atomic E-state index is 12.4. The third kappa shape index (κ3) is 4.30. The molecule has 0 radical (unpaired) electrons. The van der Waals surface area contributed by atoms with Crippen LogP contribution < -0.4 is 10.3 Å². The minimum absolute atomic E-state index is 0.0466. The van der Waals surface area contributed by atoms with Crippen LogP contribution in [0.1, 0.15) is 21.5 Å². The van der Waals surface area contributed by atoms with E-state index in [0.717, 1.165) is 17.3 Å². The molecule has 0 aliphatic heterocycles. The Morgan fingerprint density at radius 2 is 1.86 bits per heavy atom. The summed E-state index contributed by atoms with van der Waals surface area (Å²) < 4.78 is 5.08. The van der Waals surface area contributed by atoms with Crippen molar-refractivity contribution in [1.82, 2.24) is 9.97 Å². The number of ether oxygens (including phenoxy) is 1. The first-order valence-electron chi connectivity index (χ1n) is 8.43. The molecular weight excluding hydrogens is 374 g/mol. The van der Waals surface area contributed by atoms with Crippen LogP contribution in [0.15, 0.2) is 58.5 Å². The van der Waals surface area contributed by atoms with Crippen LogP contribution in [0.25, 0.3) is 11.3 Å². The fourth-order valence-electron chi connectivity index (χ4n) is 2.54. The molecule has 2 aromatic carbocycles. The molecule has 0 aliphatic rings. The lowest BCUT2D eigenvalue weighted by Crippen LogP contribution is -2.15. The zero-order valence-corrected chi connectivity index (χ0v) is 16.2. The van der Waals surface area contributed by atoms with Crippen molar-refractivity contribution < 1.29 is 9.53 Å². The summed E-state index contributed by atoms with van der Waals surface area (Å²) in [5, 5.41) is 9.63. The summed E-state index contributed by atoms with van der Waals surface area (Å²) in [4.78, 5) is 31.7. The minimum atomic E-state index is -0.521. The van der Waals surface area contributed by atoms with Crippen LogP contribution in [0.5, 0.6) is 5.75 Å². The second-order valence-electron chi connectivity index (χ2n) is 6.01. The number of carbonyl (C=O) groups excluding carboxylic acids is 1. The van der Waals surface area contributed by atoms with Gasteiger partial charge in [0.25, 0.3) is 5.56 Å². The zero-order chi connectivity index (χ0) is 20.1. The number of nitrogens with one attached hydrogen (secondary N) is 1. The Morgan fingerprint density at radius 3 is 2.46 bits per heavy atom. The van der Waals surface area contributed by atoms with Gasteiger partial charge in [-0.3, -0.25) is 9.59 Å². The molecule has 3 rings (SSSR count). The van der Waals surface area contributed by atoms with E-state index in [-0.39, 0.29) is 17.1 Å². The van der Waals surface area contributed by atoms with Gasteiger partial charge in [0.2, 0.25) is 0 Å². The summed E-state index contributed by atoms with van der Waals surface area (Å²) in [6.45, 7) is 1.95. The van der Waals surface area contributed by atoms with Crippen LogP contribution in [-0.4, -0.2) is 28.6 Å². The highest BCUT2D eigenvalue weighted by Gasteiger charge is 2.15.